The first-order chi connectivity index (χ1) is 11.7. The summed E-state index contributed by atoms with van der Waals surface area (Å²) in [7, 11) is 1.57. The molecule has 3 rings (SSSR count). The Morgan fingerprint density at radius 3 is 2.38 bits per heavy atom. The number of methoxy groups -OCH3 is 1. The predicted octanol–water partition coefficient (Wildman–Crippen LogP) is 4.94. The van der Waals surface area contributed by atoms with Crippen LogP contribution in [0.4, 0.5) is 17.1 Å². The molecule has 0 fully saturated rings. The fourth-order valence-corrected chi connectivity index (χ4v) is 2.41. The molecule has 0 radical (unpaired) electrons. The Hall–Kier alpha value is -2.92. The summed E-state index contributed by atoms with van der Waals surface area (Å²) >= 11 is 6.11. The number of carbonyl (C=O) groups excluding carboxylic acids is 1. The zero-order valence-electron chi connectivity index (χ0n) is 12.9. The van der Waals surface area contributed by atoms with Crippen LogP contribution in [-0.4, -0.2) is 13.0 Å². The maximum absolute atomic E-state index is 11.9. The van der Waals surface area contributed by atoms with E-state index in [0.717, 1.165) is 11.4 Å². The number of carbonyl (C=O) groups is 1. The van der Waals surface area contributed by atoms with Crippen molar-refractivity contribution in [1.29, 1.82) is 0 Å². The van der Waals surface area contributed by atoms with Gasteiger partial charge in [-0.15, -0.1) is 0 Å². The number of anilines is 3. The second kappa shape index (κ2) is 7.10. The van der Waals surface area contributed by atoms with E-state index < -0.39 is 0 Å². The molecule has 0 saturated heterocycles. The van der Waals surface area contributed by atoms with Crippen LogP contribution in [0.3, 0.4) is 0 Å². The zero-order chi connectivity index (χ0) is 16.9. The summed E-state index contributed by atoms with van der Waals surface area (Å²) in [6, 6.07) is 16.0. The quantitative estimate of drug-likeness (QED) is 0.689. The van der Waals surface area contributed by atoms with Gasteiger partial charge in [0.15, 0.2) is 5.76 Å². The third-order valence-electron chi connectivity index (χ3n) is 3.33. The molecule has 5 nitrogen and oxygen atoms in total. The van der Waals surface area contributed by atoms with Gasteiger partial charge in [-0.3, -0.25) is 4.79 Å². The van der Waals surface area contributed by atoms with E-state index in [1.807, 2.05) is 18.2 Å². The molecular formula is C18H15ClN2O3. The van der Waals surface area contributed by atoms with E-state index in [2.05, 4.69) is 10.6 Å². The van der Waals surface area contributed by atoms with E-state index in [1.165, 1.54) is 6.26 Å². The second-order valence-electron chi connectivity index (χ2n) is 4.98. The summed E-state index contributed by atoms with van der Waals surface area (Å²) in [5.41, 5.74) is 2.38. The number of amides is 1. The van der Waals surface area contributed by atoms with Crippen molar-refractivity contribution in [1.82, 2.24) is 0 Å². The summed E-state index contributed by atoms with van der Waals surface area (Å²) in [4.78, 5) is 11.9. The molecule has 1 heterocycles. The first kappa shape index (κ1) is 16.0. The fraction of sp³-hybridized carbons (Fsp3) is 0.0556. The molecular weight excluding hydrogens is 328 g/mol. The number of ether oxygens (including phenoxy) is 1. The third kappa shape index (κ3) is 3.70. The molecule has 2 aromatic carbocycles. The summed E-state index contributed by atoms with van der Waals surface area (Å²) in [5.74, 6) is 0.603. The minimum atomic E-state index is -0.289. The lowest BCUT2D eigenvalue weighted by Gasteiger charge is -2.10. The van der Waals surface area contributed by atoms with Crippen molar-refractivity contribution in [3.63, 3.8) is 0 Å². The molecule has 3 aromatic rings. The first-order valence-electron chi connectivity index (χ1n) is 7.21. The molecule has 2 N–H and O–H groups in total. The first-order valence-corrected chi connectivity index (χ1v) is 7.59. The number of halogens is 1. The molecule has 0 saturated carbocycles. The lowest BCUT2D eigenvalue weighted by molar-refractivity contribution is 0.0996. The van der Waals surface area contributed by atoms with Gasteiger partial charge in [0.1, 0.15) is 5.75 Å². The number of hydrogen-bond acceptors (Lipinski definition) is 4. The van der Waals surface area contributed by atoms with Crippen LogP contribution in [-0.2, 0) is 0 Å². The second-order valence-corrected chi connectivity index (χ2v) is 5.39. The largest absolute Gasteiger partial charge is 0.495 e. The van der Waals surface area contributed by atoms with E-state index in [9.17, 15) is 4.79 Å². The van der Waals surface area contributed by atoms with Crippen LogP contribution >= 0.6 is 11.6 Å². The number of furan rings is 1. The van der Waals surface area contributed by atoms with E-state index in [-0.39, 0.29) is 11.7 Å². The molecule has 0 unspecified atom stereocenters. The molecule has 0 aliphatic rings. The number of benzene rings is 2. The smallest absolute Gasteiger partial charge is 0.291 e. The topological polar surface area (TPSA) is 63.5 Å². The summed E-state index contributed by atoms with van der Waals surface area (Å²) < 4.78 is 10.2. The van der Waals surface area contributed by atoms with Crippen molar-refractivity contribution in [3.05, 3.63) is 71.6 Å². The van der Waals surface area contributed by atoms with Crippen molar-refractivity contribution in [2.75, 3.05) is 17.7 Å². The van der Waals surface area contributed by atoms with Gasteiger partial charge in [0.25, 0.3) is 5.91 Å². The Morgan fingerprint density at radius 1 is 1.04 bits per heavy atom. The van der Waals surface area contributed by atoms with Gasteiger partial charge in [-0.2, -0.15) is 0 Å². The van der Waals surface area contributed by atoms with E-state index >= 15 is 0 Å². The van der Waals surface area contributed by atoms with Crippen LogP contribution in [0.2, 0.25) is 5.02 Å². The summed E-state index contributed by atoms with van der Waals surface area (Å²) in [6.45, 7) is 0. The molecule has 1 amide bonds. The highest BCUT2D eigenvalue weighted by molar-refractivity contribution is 6.32. The molecule has 0 spiro atoms. The Balaban J connectivity index is 1.66. The van der Waals surface area contributed by atoms with Gasteiger partial charge >= 0.3 is 0 Å². The van der Waals surface area contributed by atoms with Crippen LogP contribution in [0, 0.1) is 0 Å². The van der Waals surface area contributed by atoms with Gasteiger partial charge < -0.3 is 19.8 Å². The molecule has 1 aromatic heterocycles. The predicted molar refractivity (Wildman–Crippen MR) is 94.4 cm³/mol. The van der Waals surface area contributed by atoms with E-state index in [1.54, 1.807) is 43.5 Å². The molecule has 0 bridgehead atoms. The Kier molecular flexibility index (Phi) is 4.72. The van der Waals surface area contributed by atoms with Gasteiger partial charge in [-0.25, -0.2) is 0 Å². The molecule has 0 atom stereocenters. The third-order valence-corrected chi connectivity index (χ3v) is 3.62. The van der Waals surface area contributed by atoms with Gasteiger partial charge in [-0.05, 0) is 54.6 Å². The van der Waals surface area contributed by atoms with Crippen molar-refractivity contribution in [2.45, 2.75) is 0 Å². The van der Waals surface area contributed by atoms with Gasteiger partial charge in [-0.1, -0.05) is 11.6 Å². The highest BCUT2D eigenvalue weighted by Gasteiger charge is 2.08. The Bertz CT molecular complexity index is 830. The Labute approximate surface area is 144 Å². The van der Waals surface area contributed by atoms with Crippen molar-refractivity contribution < 1.29 is 13.9 Å². The maximum atomic E-state index is 11.9. The van der Waals surface area contributed by atoms with Gasteiger partial charge in [0.05, 0.1) is 18.4 Å². The number of rotatable bonds is 5. The van der Waals surface area contributed by atoms with Crippen molar-refractivity contribution in [2.24, 2.45) is 0 Å². The molecule has 6 heteroatoms. The van der Waals surface area contributed by atoms with Crippen LogP contribution in [0.5, 0.6) is 5.75 Å². The number of nitrogens with one attached hydrogen (secondary N) is 2. The van der Waals surface area contributed by atoms with E-state index in [0.29, 0.717) is 16.5 Å². The lowest BCUT2D eigenvalue weighted by Crippen LogP contribution is -2.10. The average Bonchev–Trinajstić information content (AvgIpc) is 3.11. The zero-order valence-corrected chi connectivity index (χ0v) is 13.6. The maximum Gasteiger partial charge on any atom is 0.291 e. The minimum Gasteiger partial charge on any atom is -0.495 e. The van der Waals surface area contributed by atoms with Gasteiger partial charge in [0.2, 0.25) is 0 Å². The van der Waals surface area contributed by atoms with Crippen LogP contribution in [0.25, 0.3) is 0 Å². The molecule has 122 valence electrons. The Morgan fingerprint density at radius 2 is 1.75 bits per heavy atom. The fourth-order valence-electron chi connectivity index (χ4n) is 2.15. The van der Waals surface area contributed by atoms with E-state index in [4.69, 9.17) is 20.8 Å². The monoisotopic (exact) mass is 342 g/mol. The highest BCUT2D eigenvalue weighted by Crippen LogP contribution is 2.29. The average molecular weight is 343 g/mol. The lowest BCUT2D eigenvalue weighted by atomic mass is 10.2. The summed E-state index contributed by atoms with van der Waals surface area (Å²) in [5, 5.41) is 6.53. The molecule has 0 aliphatic carbocycles. The normalized spacial score (nSPS) is 10.2. The van der Waals surface area contributed by atoms with Crippen molar-refractivity contribution in [3.8, 4) is 5.75 Å². The highest BCUT2D eigenvalue weighted by atomic mass is 35.5. The number of hydrogen-bond donors (Lipinski definition) is 2. The van der Waals surface area contributed by atoms with Gasteiger partial charge in [0, 0.05) is 17.1 Å². The van der Waals surface area contributed by atoms with Crippen LogP contribution in [0.15, 0.2) is 65.3 Å². The standard InChI is InChI=1S/C18H15ClN2O3/c1-23-16-9-8-14(11-15(16)19)20-12-4-6-13(7-5-12)21-18(22)17-3-2-10-24-17/h2-11,20H,1H3,(H,21,22). The molecule has 0 aliphatic heterocycles. The van der Waals surface area contributed by atoms with Crippen molar-refractivity contribution >= 4 is 34.6 Å². The van der Waals surface area contributed by atoms with Crippen LogP contribution < -0.4 is 15.4 Å². The van der Waals surface area contributed by atoms with Crippen LogP contribution in [0.1, 0.15) is 10.6 Å². The SMILES string of the molecule is COc1ccc(Nc2ccc(NC(=O)c3ccco3)cc2)cc1Cl. The summed E-state index contributed by atoms with van der Waals surface area (Å²) in [6.07, 6.45) is 1.46. The minimum absolute atomic E-state index is 0.269. The molecule has 24 heavy (non-hydrogen) atoms.